The Morgan fingerprint density at radius 2 is 2.04 bits per heavy atom. The molecule has 0 saturated heterocycles. The Morgan fingerprint density at radius 3 is 2.85 bits per heavy atom. The molecule has 132 valence electrons. The van der Waals surface area contributed by atoms with Gasteiger partial charge in [-0.1, -0.05) is 36.4 Å². The molecule has 0 aliphatic rings. The van der Waals surface area contributed by atoms with Gasteiger partial charge in [0.05, 0.1) is 31.0 Å². The normalized spacial score (nSPS) is 12.2. The highest BCUT2D eigenvalue weighted by Gasteiger charge is 2.12. The quantitative estimate of drug-likeness (QED) is 0.672. The van der Waals surface area contributed by atoms with Crippen LogP contribution in [0.5, 0.6) is 5.75 Å². The Hall–Kier alpha value is -3.18. The SMILES string of the molecule is COc1cccc(C(CO)NC(=O)/C=C/c2ccc3ccccc3n2)c1. The summed E-state index contributed by atoms with van der Waals surface area (Å²) >= 11 is 0. The van der Waals surface area contributed by atoms with Gasteiger partial charge >= 0.3 is 0 Å². The minimum atomic E-state index is -0.508. The molecule has 0 bridgehead atoms. The first kappa shape index (κ1) is 17.6. The van der Waals surface area contributed by atoms with Gasteiger partial charge in [-0.2, -0.15) is 0 Å². The van der Waals surface area contributed by atoms with Crippen LogP contribution in [0.4, 0.5) is 0 Å². The van der Waals surface area contributed by atoms with Crippen molar-refractivity contribution in [3.63, 3.8) is 0 Å². The molecular weight excluding hydrogens is 328 g/mol. The summed E-state index contributed by atoms with van der Waals surface area (Å²) in [6.45, 7) is -0.207. The average molecular weight is 348 g/mol. The topological polar surface area (TPSA) is 71.5 Å². The largest absolute Gasteiger partial charge is 0.497 e. The van der Waals surface area contributed by atoms with Crippen LogP contribution in [-0.2, 0) is 4.79 Å². The number of nitrogens with zero attached hydrogens (tertiary/aromatic N) is 1. The summed E-state index contributed by atoms with van der Waals surface area (Å²) in [5, 5.41) is 13.4. The van der Waals surface area contributed by atoms with E-state index < -0.39 is 6.04 Å². The van der Waals surface area contributed by atoms with E-state index in [4.69, 9.17) is 4.74 Å². The smallest absolute Gasteiger partial charge is 0.244 e. The van der Waals surface area contributed by atoms with Gasteiger partial charge in [0.2, 0.25) is 5.91 Å². The molecule has 0 aliphatic heterocycles. The van der Waals surface area contributed by atoms with Crippen LogP contribution >= 0.6 is 0 Å². The zero-order chi connectivity index (χ0) is 18.4. The van der Waals surface area contributed by atoms with Crippen molar-refractivity contribution in [1.29, 1.82) is 0 Å². The minimum absolute atomic E-state index is 0.207. The number of ether oxygens (including phenoxy) is 1. The Bertz CT molecular complexity index is 937. The Labute approximate surface area is 152 Å². The van der Waals surface area contributed by atoms with Gasteiger partial charge in [0.25, 0.3) is 0 Å². The van der Waals surface area contributed by atoms with E-state index in [9.17, 15) is 9.90 Å². The van der Waals surface area contributed by atoms with Crippen LogP contribution in [0.25, 0.3) is 17.0 Å². The maximum absolute atomic E-state index is 12.2. The lowest BCUT2D eigenvalue weighted by molar-refractivity contribution is -0.117. The number of carbonyl (C=O) groups is 1. The highest BCUT2D eigenvalue weighted by Crippen LogP contribution is 2.19. The molecule has 3 aromatic rings. The fourth-order valence-corrected chi connectivity index (χ4v) is 2.65. The van der Waals surface area contributed by atoms with Crippen molar-refractivity contribution in [3.8, 4) is 5.75 Å². The number of methoxy groups -OCH3 is 1. The summed E-state index contributed by atoms with van der Waals surface area (Å²) in [6, 6.07) is 18.4. The molecule has 3 rings (SSSR count). The van der Waals surface area contributed by atoms with Crippen LogP contribution in [0, 0.1) is 0 Å². The molecule has 1 amide bonds. The molecule has 1 heterocycles. The third kappa shape index (κ3) is 4.26. The predicted octanol–water partition coefficient (Wildman–Crippen LogP) is 3.11. The Kier molecular flexibility index (Phi) is 5.61. The first-order chi connectivity index (χ1) is 12.7. The molecule has 1 atom stereocenters. The molecule has 0 saturated carbocycles. The van der Waals surface area contributed by atoms with E-state index in [0.29, 0.717) is 11.4 Å². The van der Waals surface area contributed by atoms with E-state index in [0.717, 1.165) is 16.5 Å². The third-order valence-corrected chi connectivity index (χ3v) is 4.02. The molecule has 5 heteroatoms. The first-order valence-corrected chi connectivity index (χ1v) is 8.29. The number of aromatic nitrogens is 1. The van der Waals surface area contributed by atoms with Crippen molar-refractivity contribution in [1.82, 2.24) is 10.3 Å². The van der Waals surface area contributed by atoms with Gasteiger partial charge in [-0.3, -0.25) is 4.79 Å². The third-order valence-electron chi connectivity index (χ3n) is 4.02. The number of fused-ring (bicyclic) bond motifs is 1. The highest BCUT2D eigenvalue weighted by molar-refractivity contribution is 5.92. The second kappa shape index (κ2) is 8.27. The summed E-state index contributed by atoms with van der Waals surface area (Å²) < 4.78 is 5.18. The molecule has 0 aliphatic carbocycles. The molecule has 26 heavy (non-hydrogen) atoms. The van der Waals surface area contributed by atoms with E-state index in [1.54, 1.807) is 19.3 Å². The van der Waals surface area contributed by atoms with Crippen molar-refractivity contribution in [2.45, 2.75) is 6.04 Å². The van der Waals surface area contributed by atoms with E-state index in [-0.39, 0.29) is 12.5 Å². The van der Waals surface area contributed by atoms with E-state index in [1.807, 2.05) is 54.6 Å². The molecule has 0 spiro atoms. The lowest BCUT2D eigenvalue weighted by atomic mass is 10.1. The van der Waals surface area contributed by atoms with Gasteiger partial charge < -0.3 is 15.2 Å². The number of hydrogen-bond acceptors (Lipinski definition) is 4. The average Bonchev–Trinajstić information content (AvgIpc) is 2.70. The van der Waals surface area contributed by atoms with Gasteiger partial charge in [0.15, 0.2) is 0 Å². The maximum atomic E-state index is 12.2. The number of pyridine rings is 1. The van der Waals surface area contributed by atoms with Gasteiger partial charge in [-0.15, -0.1) is 0 Å². The zero-order valence-corrected chi connectivity index (χ0v) is 14.4. The molecule has 0 radical (unpaired) electrons. The van der Waals surface area contributed by atoms with Gasteiger partial charge in [-0.25, -0.2) is 4.98 Å². The van der Waals surface area contributed by atoms with Crippen LogP contribution in [0.15, 0.2) is 66.7 Å². The maximum Gasteiger partial charge on any atom is 0.244 e. The Morgan fingerprint density at radius 1 is 1.19 bits per heavy atom. The number of hydrogen-bond donors (Lipinski definition) is 2. The number of benzene rings is 2. The highest BCUT2D eigenvalue weighted by atomic mass is 16.5. The van der Waals surface area contributed by atoms with Gasteiger partial charge in [0, 0.05) is 11.5 Å². The van der Waals surface area contributed by atoms with Gasteiger partial charge in [0.1, 0.15) is 5.75 Å². The molecule has 0 fully saturated rings. The van der Waals surface area contributed by atoms with Crippen molar-refractivity contribution in [2.24, 2.45) is 0 Å². The lowest BCUT2D eigenvalue weighted by Gasteiger charge is -2.16. The predicted molar refractivity (Wildman–Crippen MR) is 102 cm³/mol. The van der Waals surface area contributed by atoms with Crippen LogP contribution in [0.2, 0.25) is 0 Å². The monoisotopic (exact) mass is 348 g/mol. The molecule has 1 aromatic heterocycles. The number of para-hydroxylation sites is 1. The van der Waals surface area contributed by atoms with Crippen molar-refractivity contribution in [2.75, 3.05) is 13.7 Å². The van der Waals surface area contributed by atoms with Crippen molar-refractivity contribution >= 4 is 22.9 Å². The molecule has 2 aromatic carbocycles. The summed E-state index contributed by atoms with van der Waals surface area (Å²) in [6.07, 6.45) is 3.07. The fourth-order valence-electron chi connectivity index (χ4n) is 2.65. The summed E-state index contributed by atoms with van der Waals surface area (Å²) in [7, 11) is 1.57. The van der Waals surface area contributed by atoms with Crippen molar-refractivity contribution < 1.29 is 14.6 Å². The zero-order valence-electron chi connectivity index (χ0n) is 14.4. The van der Waals surface area contributed by atoms with E-state index >= 15 is 0 Å². The summed E-state index contributed by atoms with van der Waals surface area (Å²) in [5.41, 5.74) is 2.35. The fraction of sp³-hybridized carbons (Fsp3) is 0.143. The number of rotatable bonds is 6. The standard InChI is InChI=1S/C21H20N2O3/c1-26-18-7-4-6-16(13-18)20(14-24)23-21(25)12-11-17-10-9-15-5-2-3-8-19(15)22-17/h2-13,20,24H,14H2,1H3,(H,23,25)/b12-11+. The first-order valence-electron chi connectivity index (χ1n) is 8.29. The number of aliphatic hydroxyl groups excluding tert-OH is 1. The molecule has 1 unspecified atom stereocenters. The summed E-state index contributed by atoms with van der Waals surface area (Å²) in [5.74, 6) is 0.368. The number of amides is 1. The molecular formula is C21H20N2O3. The second-order valence-electron chi connectivity index (χ2n) is 5.78. The minimum Gasteiger partial charge on any atom is -0.497 e. The Balaban J connectivity index is 1.70. The van der Waals surface area contributed by atoms with E-state index in [1.165, 1.54) is 6.08 Å². The number of nitrogens with one attached hydrogen (secondary N) is 1. The van der Waals surface area contributed by atoms with Crippen LogP contribution < -0.4 is 10.1 Å². The van der Waals surface area contributed by atoms with Crippen LogP contribution in [-0.4, -0.2) is 29.7 Å². The van der Waals surface area contributed by atoms with E-state index in [2.05, 4.69) is 10.3 Å². The second-order valence-corrected chi connectivity index (χ2v) is 5.78. The lowest BCUT2D eigenvalue weighted by Crippen LogP contribution is -2.29. The van der Waals surface area contributed by atoms with Crippen molar-refractivity contribution in [3.05, 3.63) is 78.0 Å². The molecule has 5 nitrogen and oxygen atoms in total. The summed E-state index contributed by atoms with van der Waals surface area (Å²) in [4.78, 5) is 16.7. The van der Waals surface area contributed by atoms with Crippen LogP contribution in [0.3, 0.4) is 0 Å². The molecule has 2 N–H and O–H groups in total. The number of carbonyl (C=O) groups excluding carboxylic acids is 1. The van der Waals surface area contributed by atoms with Gasteiger partial charge in [-0.05, 0) is 35.9 Å². The van der Waals surface area contributed by atoms with Crippen LogP contribution in [0.1, 0.15) is 17.3 Å². The number of aliphatic hydroxyl groups is 1.